The number of amides is 1. The van der Waals surface area contributed by atoms with Crippen LogP contribution in [0.3, 0.4) is 0 Å². The number of nitrogens with two attached hydrogens (primary N) is 1. The van der Waals surface area contributed by atoms with Crippen LogP contribution in [-0.2, 0) is 11.3 Å². The van der Waals surface area contributed by atoms with Crippen molar-refractivity contribution in [1.82, 2.24) is 9.88 Å². The lowest BCUT2D eigenvalue weighted by atomic mass is 10.1. The zero-order chi connectivity index (χ0) is 12.7. The first-order valence-corrected chi connectivity index (χ1v) is 6.04. The van der Waals surface area contributed by atoms with Crippen LogP contribution in [-0.4, -0.2) is 28.9 Å². The Morgan fingerprint density at radius 1 is 1.47 bits per heavy atom. The van der Waals surface area contributed by atoms with E-state index in [0.717, 1.165) is 24.8 Å². The first kappa shape index (κ1) is 13.6. The number of hydrogen-bond donors (Lipinski definition) is 1. The van der Waals surface area contributed by atoms with Crippen LogP contribution in [0.1, 0.15) is 31.7 Å². The van der Waals surface area contributed by atoms with E-state index in [4.69, 9.17) is 5.73 Å². The summed E-state index contributed by atoms with van der Waals surface area (Å²) in [6, 6.07) is 3.43. The molecule has 1 aromatic rings. The van der Waals surface area contributed by atoms with Crippen LogP contribution >= 0.6 is 0 Å². The fourth-order valence-corrected chi connectivity index (χ4v) is 1.67. The monoisotopic (exact) mass is 235 g/mol. The lowest BCUT2D eigenvalue weighted by molar-refractivity contribution is -0.132. The minimum absolute atomic E-state index is 0.00950. The van der Waals surface area contributed by atoms with Crippen molar-refractivity contribution in [2.75, 3.05) is 7.05 Å². The van der Waals surface area contributed by atoms with Gasteiger partial charge in [0.15, 0.2) is 0 Å². The van der Waals surface area contributed by atoms with E-state index >= 15 is 0 Å². The van der Waals surface area contributed by atoms with Gasteiger partial charge in [0.05, 0.1) is 6.04 Å². The Kier molecular flexibility index (Phi) is 5.63. The van der Waals surface area contributed by atoms with Gasteiger partial charge in [-0.1, -0.05) is 19.8 Å². The van der Waals surface area contributed by atoms with E-state index in [1.54, 1.807) is 24.3 Å². The van der Waals surface area contributed by atoms with Crippen LogP contribution < -0.4 is 5.73 Å². The minimum Gasteiger partial charge on any atom is -0.340 e. The van der Waals surface area contributed by atoms with Gasteiger partial charge in [-0.05, 0) is 24.1 Å². The predicted molar refractivity (Wildman–Crippen MR) is 68.2 cm³/mol. The molecule has 1 heterocycles. The average Bonchev–Trinajstić information content (AvgIpc) is 2.36. The van der Waals surface area contributed by atoms with Crippen molar-refractivity contribution in [3.8, 4) is 0 Å². The highest BCUT2D eigenvalue weighted by Gasteiger charge is 2.17. The number of carbonyl (C=O) groups is 1. The predicted octanol–water partition coefficient (Wildman–Crippen LogP) is 1.56. The van der Waals surface area contributed by atoms with E-state index in [1.165, 1.54) is 0 Å². The van der Waals surface area contributed by atoms with Crippen molar-refractivity contribution in [2.45, 2.75) is 38.8 Å². The molecule has 2 N–H and O–H groups in total. The first-order valence-electron chi connectivity index (χ1n) is 6.04. The van der Waals surface area contributed by atoms with Gasteiger partial charge in [0, 0.05) is 26.0 Å². The number of hydrogen-bond acceptors (Lipinski definition) is 3. The SMILES string of the molecule is CCCCC(N)C(=O)N(C)Cc1ccncc1. The maximum atomic E-state index is 11.9. The summed E-state index contributed by atoms with van der Waals surface area (Å²) >= 11 is 0. The van der Waals surface area contributed by atoms with Crippen LogP contribution in [0.15, 0.2) is 24.5 Å². The number of aromatic nitrogens is 1. The van der Waals surface area contributed by atoms with Gasteiger partial charge in [-0.25, -0.2) is 0 Å². The zero-order valence-electron chi connectivity index (χ0n) is 10.6. The summed E-state index contributed by atoms with van der Waals surface area (Å²) in [6.07, 6.45) is 6.27. The summed E-state index contributed by atoms with van der Waals surface area (Å²) in [5.41, 5.74) is 6.92. The zero-order valence-corrected chi connectivity index (χ0v) is 10.6. The summed E-state index contributed by atoms with van der Waals surface area (Å²) in [5.74, 6) is 0.00950. The molecule has 0 aromatic carbocycles. The van der Waals surface area contributed by atoms with Gasteiger partial charge in [-0.15, -0.1) is 0 Å². The standard InChI is InChI=1S/C13H21N3O/c1-3-4-5-12(14)13(17)16(2)10-11-6-8-15-9-7-11/h6-9,12H,3-5,10,14H2,1-2H3. The maximum Gasteiger partial charge on any atom is 0.239 e. The molecule has 0 saturated carbocycles. The quantitative estimate of drug-likeness (QED) is 0.814. The van der Waals surface area contributed by atoms with Gasteiger partial charge in [-0.3, -0.25) is 9.78 Å². The smallest absolute Gasteiger partial charge is 0.239 e. The Balaban J connectivity index is 2.47. The second kappa shape index (κ2) is 7.01. The Bertz CT molecular complexity index is 340. The molecule has 0 aliphatic carbocycles. The Labute approximate surface area is 103 Å². The molecule has 0 aliphatic rings. The van der Waals surface area contributed by atoms with E-state index in [-0.39, 0.29) is 11.9 Å². The number of unbranched alkanes of at least 4 members (excludes halogenated alkanes) is 1. The molecule has 1 atom stereocenters. The second-order valence-electron chi connectivity index (χ2n) is 4.30. The maximum absolute atomic E-state index is 11.9. The molecule has 4 nitrogen and oxygen atoms in total. The van der Waals surface area contributed by atoms with Crippen LogP contribution in [0.25, 0.3) is 0 Å². The molecule has 1 aromatic heterocycles. The summed E-state index contributed by atoms with van der Waals surface area (Å²) < 4.78 is 0. The first-order chi connectivity index (χ1) is 8.15. The van der Waals surface area contributed by atoms with E-state index in [2.05, 4.69) is 11.9 Å². The van der Waals surface area contributed by atoms with Crippen LogP contribution in [0.5, 0.6) is 0 Å². The summed E-state index contributed by atoms with van der Waals surface area (Å²) in [7, 11) is 1.79. The Morgan fingerprint density at radius 3 is 2.71 bits per heavy atom. The Hall–Kier alpha value is -1.42. The fourth-order valence-electron chi connectivity index (χ4n) is 1.67. The molecule has 0 saturated heterocycles. The van der Waals surface area contributed by atoms with Crippen molar-refractivity contribution < 1.29 is 4.79 Å². The number of rotatable bonds is 6. The van der Waals surface area contributed by atoms with Crippen molar-refractivity contribution in [3.63, 3.8) is 0 Å². The highest BCUT2D eigenvalue weighted by Crippen LogP contribution is 2.05. The van der Waals surface area contributed by atoms with Gasteiger partial charge in [-0.2, -0.15) is 0 Å². The molecule has 1 rings (SSSR count). The van der Waals surface area contributed by atoms with Crippen molar-refractivity contribution in [2.24, 2.45) is 5.73 Å². The summed E-state index contributed by atoms with van der Waals surface area (Å²) in [5, 5.41) is 0. The van der Waals surface area contributed by atoms with E-state index in [9.17, 15) is 4.79 Å². The Morgan fingerprint density at radius 2 is 2.12 bits per heavy atom. The van der Waals surface area contributed by atoms with Crippen LogP contribution in [0, 0.1) is 0 Å². The van der Waals surface area contributed by atoms with E-state index in [0.29, 0.717) is 6.54 Å². The fraction of sp³-hybridized carbons (Fsp3) is 0.538. The molecule has 1 amide bonds. The van der Waals surface area contributed by atoms with Gasteiger partial charge in [0.2, 0.25) is 5.91 Å². The normalized spacial score (nSPS) is 12.2. The molecule has 1 unspecified atom stereocenters. The third-order valence-corrected chi connectivity index (χ3v) is 2.73. The molecular formula is C13H21N3O. The summed E-state index contributed by atoms with van der Waals surface area (Å²) in [4.78, 5) is 17.6. The van der Waals surface area contributed by atoms with Gasteiger partial charge in [0.25, 0.3) is 0 Å². The summed E-state index contributed by atoms with van der Waals surface area (Å²) in [6.45, 7) is 2.68. The van der Waals surface area contributed by atoms with Crippen LogP contribution in [0.2, 0.25) is 0 Å². The third kappa shape index (κ3) is 4.53. The van der Waals surface area contributed by atoms with Crippen molar-refractivity contribution in [1.29, 1.82) is 0 Å². The van der Waals surface area contributed by atoms with Gasteiger partial charge < -0.3 is 10.6 Å². The molecule has 94 valence electrons. The highest BCUT2D eigenvalue weighted by atomic mass is 16.2. The molecule has 4 heteroatoms. The van der Waals surface area contributed by atoms with Gasteiger partial charge in [0.1, 0.15) is 0 Å². The van der Waals surface area contributed by atoms with Crippen LogP contribution in [0.4, 0.5) is 0 Å². The van der Waals surface area contributed by atoms with Crippen molar-refractivity contribution in [3.05, 3.63) is 30.1 Å². The lowest BCUT2D eigenvalue weighted by Crippen LogP contribution is -2.41. The minimum atomic E-state index is -0.373. The second-order valence-corrected chi connectivity index (χ2v) is 4.30. The molecule has 0 aliphatic heterocycles. The van der Waals surface area contributed by atoms with Gasteiger partial charge >= 0.3 is 0 Å². The average molecular weight is 235 g/mol. The highest BCUT2D eigenvalue weighted by molar-refractivity contribution is 5.81. The van der Waals surface area contributed by atoms with E-state index < -0.39 is 0 Å². The van der Waals surface area contributed by atoms with Crippen molar-refractivity contribution >= 4 is 5.91 Å². The molecule has 0 spiro atoms. The molecular weight excluding hydrogens is 214 g/mol. The largest absolute Gasteiger partial charge is 0.340 e. The number of nitrogens with zero attached hydrogens (tertiary/aromatic N) is 2. The topological polar surface area (TPSA) is 59.2 Å². The molecule has 17 heavy (non-hydrogen) atoms. The number of pyridine rings is 1. The number of likely N-dealkylation sites (N-methyl/N-ethyl adjacent to an activating group) is 1. The number of carbonyl (C=O) groups excluding carboxylic acids is 1. The molecule has 0 fully saturated rings. The molecule has 0 radical (unpaired) electrons. The third-order valence-electron chi connectivity index (χ3n) is 2.73. The lowest BCUT2D eigenvalue weighted by Gasteiger charge is -2.21. The van der Waals surface area contributed by atoms with E-state index in [1.807, 2.05) is 12.1 Å². The molecule has 0 bridgehead atoms.